The van der Waals surface area contributed by atoms with E-state index in [1.54, 1.807) is 6.33 Å². The van der Waals surface area contributed by atoms with E-state index in [-0.39, 0.29) is 5.91 Å². The Bertz CT molecular complexity index is 683. The summed E-state index contributed by atoms with van der Waals surface area (Å²) < 4.78 is 1.94. The van der Waals surface area contributed by atoms with Crippen LogP contribution in [-0.4, -0.2) is 43.9 Å². The molecule has 2 heterocycles. The van der Waals surface area contributed by atoms with E-state index in [0.29, 0.717) is 11.8 Å². The topological polar surface area (TPSA) is 51.0 Å². The van der Waals surface area contributed by atoms with Gasteiger partial charge in [-0.25, -0.2) is 0 Å². The highest BCUT2D eigenvalue weighted by atomic mass is 32.2. The third-order valence-corrected chi connectivity index (χ3v) is 5.50. The number of hydrogen-bond acceptors (Lipinski definition) is 4. The van der Waals surface area contributed by atoms with Crippen molar-refractivity contribution in [3.63, 3.8) is 0 Å². The first-order valence-electron chi connectivity index (χ1n) is 8.58. The number of carbonyl (C=O) groups is 1. The highest BCUT2D eigenvalue weighted by Crippen LogP contribution is 2.23. The van der Waals surface area contributed by atoms with Crippen molar-refractivity contribution in [3.8, 4) is 5.69 Å². The van der Waals surface area contributed by atoms with Gasteiger partial charge in [-0.1, -0.05) is 36.4 Å². The number of thioether (sulfide) groups is 1. The van der Waals surface area contributed by atoms with Gasteiger partial charge in [0.1, 0.15) is 6.33 Å². The van der Waals surface area contributed by atoms with E-state index in [9.17, 15) is 4.79 Å². The first-order chi connectivity index (χ1) is 11.7. The summed E-state index contributed by atoms with van der Waals surface area (Å²) in [5, 5.41) is 8.95. The summed E-state index contributed by atoms with van der Waals surface area (Å²) in [5.74, 6) is 0.631. The van der Waals surface area contributed by atoms with Crippen molar-refractivity contribution >= 4 is 17.7 Å². The first-order valence-corrected chi connectivity index (χ1v) is 9.57. The summed E-state index contributed by atoms with van der Waals surface area (Å²) >= 11 is 1.47. The number of aromatic nitrogens is 3. The molecule has 1 atom stereocenters. The highest BCUT2D eigenvalue weighted by molar-refractivity contribution is 7.99. The summed E-state index contributed by atoms with van der Waals surface area (Å²) in [6.07, 6.45) is 6.22. The molecule has 1 fully saturated rings. The van der Waals surface area contributed by atoms with E-state index < -0.39 is 0 Å². The van der Waals surface area contributed by atoms with Gasteiger partial charge in [-0.15, -0.1) is 10.2 Å². The summed E-state index contributed by atoms with van der Waals surface area (Å²) in [6.45, 7) is 5.12. The number of hydrogen-bond donors (Lipinski definition) is 0. The van der Waals surface area contributed by atoms with E-state index >= 15 is 0 Å². The predicted molar refractivity (Wildman–Crippen MR) is 96.5 cm³/mol. The lowest BCUT2D eigenvalue weighted by Gasteiger charge is -2.35. The Kier molecular flexibility index (Phi) is 5.56. The van der Waals surface area contributed by atoms with Crippen LogP contribution in [0, 0.1) is 6.92 Å². The van der Waals surface area contributed by atoms with Gasteiger partial charge in [-0.3, -0.25) is 9.36 Å². The van der Waals surface area contributed by atoms with E-state index in [2.05, 4.69) is 41.1 Å². The Hall–Kier alpha value is -1.82. The Morgan fingerprint density at radius 3 is 2.83 bits per heavy atom. The van der Waals surface area contributed by atoms with Gasteiger partial charge >= 0.3 is 0 Å². The zero-order valence-corrected chi connectivity index (χ0v) is 15.1. The van der Waals surface area contributed by atoms with Crippen molar-refractivity contribution in [3.05, 3.63) is 36.2 Å². The molecule has 0 N–H and O–H groups in total. The number of amides is 1. The predicted octanol–water partition coefficient (Wildman–Crippen LogP) is 3.46. The van der Waals surface area contributed by atoms with Crippen LogP contribution in [0.3, 0.4) is 0 Å². The minimum atomic E-state index is 0.213. The Labute approximate surface area is 147 Å². The molecule has 24 heavy (non-hydrogen) atoms. The summed E-state index contributed by atoms with van der Waals surface area (Å²) in [6, 6.07) is 8.62. The number of likely N-dealkylation sites (tertiary alicyclic amines) is 1. The normalized spacial score (nSPS) is 17.9. The van der Waals surface area contributed by atoms with Crippen LogP contribution in [0.2, 0.25) is 0 Å². The van der Waals surface area contributed by atoms with Crippen LogP contribution in [0.4, 0.5) is 0 Å². The number of rotatable bonds is 5. The molecule has 128 valence electrons. The monoisotopic (exact) mass is 344 g/mol. The maximum atomic E-state index is 12.6. The number of nitrogens with zero attached hydrogens (tertiary/aromatic N) is 4. The number of piperidine rings is 1. The lowest BCUT2D eigenvalue weighted by atomic mass is 10.0. The number of aryl methyl sites for hydroxylation is 1. The largest absolute Gasteiger partial charge is 0.339 e. The van der Waals surface area contributed by atoms with Crippen molar-refractivity contribution in [2.75, 3.05) is 12.3 Å². The fourth-order valence-electron chi connectivity index (χ4n) is 3.17. The molecule has 0 radical (unpaired) electrons. The van der Waals surface area contributed by atoms with E-state index in [0.717, 1.165) is 36.7 Å². The SMILES string of the molecule is CCC1CCCCN1C(=O)CSc1nncn1-c1ccc(C)cc1. The molecular weight excluding hydrogens is 320 g/mol. The molecule has 1 amide bonds. The van der Waals surface area contributed by atoms with E-state index in [1.165, 1.54) is 23.7 Å². The Balaban J connectivity index is 1.66. The molecule has 1 aromatic carbocycles. The van der Waals surface area contributed by atoms with Crippen molar-refractivity contribution in [2.24, 2.45) is 0 Å². The molecule has 0 saturated carbocycles. The molecule has 6 heteroatoms. The quantitative estimate of drug-likeness (QED) is 0.780. The molecule has 3 rings (SSSR count). The molecule has 1 saturated heterocycles. The summed E-state index contributed by atoms with van der Waals surface area (Å²) in [4.78, 5) is 14.7. The minimum absolute atomic E-state index is 0.213. The van der Waals surface area contributed by atoms with Gasteiger partial charge in [-0.05, 0) is 44.7 Å². The van der Waals surface area contributed by atoms with Crippen molar-refractivity contribution in [2.45, 2.75) is 50.7 Å². The fraction of sp³-hybridized carbons (Fsp3) is 0.500. The molecule has 0 aliphatic carbocycles. The number of carbonyl (C=O) groups excluding carboxylic acids is 1. The maximum Gasteiger partial charge on any atom is 0.233 e. The van der Waals surface area contributed by atoms with E-state index in [4.69, 9.17) is 0 Å². The van der Waals surface area contributed by atoms with Gasteiger partial charge in [0.05, 0.1) is 5.75 Å². The molecule has 5 nitrogen and oxygen atoms in total. The average Bonchev–Trinajstić information content (AvgIpc) is 3.08. The Morgan fingerprint density at radius 1 is 1.29 bits per heavy atom. The lowest BCUT2D eigenvalue weighted by molar-refractivity contribution is -0.132. The summed E-state index contributed by atoms with van der Waals surface area (Å²) in [5.41, 5.74) is 2.23. The third-order valence-electron chi connectivity index (χ3n) is 4.57. The molecule has 1 unspecified atom stereocenters. The summed E-state index contributed by atoms with van der Waals surface area (Å²) in [7, 11) is 0. The van der Waals surface area contributed by atoms with Crippen LogP contribution in [0.1, 0.15) is 38.2 Å². The molecular formula is C18H24N4OS. The lowest BCUT2D eigenvalue weighted by Crippen LogP contribution is -2.44. The second-order valence-electron chi connectivity index (χ2n) is 6.25. The van der Waals surface area contributed by atoms with Crippen LogP contribution >= 0.6 is 11.8 Å². The molecule has 2 aromatic rings. The molecule has 1 aliphatic rings. The molecule has 1 aliphatic heterocycles. The van der Waals surface area contributed by atoms with Crippen molar-refractivity contribution in [1.82, 2.24) is 19.7 Å². The van der Waals surface area contributed by atoms with Gasteiger partial charge in [0.25, 0.3) is 0 Å². The Morgan fingerprint density at radius 2 is 2.08 bits per heavy atom. The molecule has 0 spiro atoms. The van der Waals surface area contributed by atoms with Crippen LogP contribution in [0.25, 0.3) is 5.69 Å². The number of benzene rings is 1. The fourth-order valence-corrected chi connectivity index (χ4v) is 3.98. The van der Waals surface area contributed by atoms with Crippen LogP contribution in [-0.2, 0) is 4.79 Å². The van der Waals surface area contributed by atoms with Gasteiger partial charge in [0, 0.05) is 18.3 Å². The van der Waals surface area contributed by atoms with E-state index in [1.807, 2.05) is 16.7 Å². The zero-order chi connectivity index (χ0) is 16.9. The second-order valence-corrected chi connectivity index (χ2v) is 7.20. The third kappa shape index (κ3) is 3.80. The standard InChI is InChI=1S/C18H24N4OS/c1-3-15-6-4-5-11-21(15)17(23)12-24-18-20-19-13-22(18)16-9-7-14(2)8-10-16/h7-10,13,15H,3-6,11-12H2,1-2H3. The highest BCUT2D eigenvalue weighted by Gasteiger charge is 2.25. The second kappa shape index (κ2) is 7.83. The average molecular weight is 344 g/mol. The first kappa shape index (κ1) is 17.0. The molecule has 0 bridgehead atoms. The van der Waals surface area contributed by atoms with Crippen molar-refractivity contribution < 1.29 is 4.79 Å². The minimum Gasteiger partial charge on any atom is -0.339 e. The van der Waals surface area contributed by atoms with Crippen LogP contribution in [0.15, 0.2) is 35.7 Å². The zero-order valence-electron chi connectivity index (χ0n) is 14.3. The van der Waals surface area contributed by atoms with Gasteiger partial charge in [-0.2, -0.15) is 0 Å². The van der Waals surface area contributed by atoms with Gasteiger partial charge in [0.15, 0.2) is 5.16 Å². The van der Waals surface area contributed by atoms with Gasteiger partial charge in [0.2, 0.25) is 5.91 Å². The molecule has 1 aromatic heterocycles. The van der Waals surface area contributed by atoms with Crippen LogP contribution < -0.4 is 0 Å². The van der Waals surface area contributed by atoms with Crippen LogP contribution in [0.5, 0.6) is 0 Å². The smallest absolute Gasteiger partial charge is 0.233 e. The van der Waals surface area contributed by atoms with Crippen molar-refractivity contribution in [1.29, 1.82) is 0 Å². The van der Waals surface area contributed by atoms with Gasteiger partial charge < -0.3 is 4.90 Å². The maximum absolute atomic E-state index is 12.6.